The molecule has 0 unspecified atom stereocenters. The molecule has 0 heteroatoms. The summed E-state index contributed by atoms with van der Waals surface area (Å²) in [7, 11) is 0. The maximum atomic E-state index is 2.33. The van der Waals surface area contributed by atoms with Crippen LogP contribution in [0.15, 0.2) is 170 Å². The molecule has 0 bridgehead atoms. The van der Waals surface area contributed by atoms with Crippen molar-refractivity contribution in [3.63, 3.8) is 0 Å². The van der Waals surface area contributed by atoms with E-state index in [4.69, 9.17) is 0 Å². The summed E-state index contributed by atoms with van der Waals surface area (Å²) in [6.07, 6.45) is 10.9. The summed E-state index contributed by atoms with van der Waals surface area (Å²) in [5, 5.41) is 5.12. The summed E-state index contributed by atoms with van der Waals surface area (Å²) in [5.74, 6) is 0. The van der Waals surface area contributed by atoms with E-state index in [2.05, 4.69) is 182 Å². The minimum atomic E-state index is 0.900. The molecule has 0 N–H and O–H groups in total. The van der Waals surface area contributed by atoms with Gasteiger partial charge in [-0.3, -0.25) is 0 Å². The topological polar surface area (TPSA) is 0 Å². The van der Waals surface area contributed by atoms with Gasteiger partial charge >= 0.3 is 0 Å². The fourth-order valence-electron chi connectivity index (χ4n) is 5.97. The smallest absolute Gasteiger partial charge is 0.00939 e. The number of benzene rings is 7. The first-order valence-electron chi connectivity index (χ1n) is 15.4. The molecule has 0 nitrogen and oxygen atoms in total. The van der Waals surface area contributed by atoms with Gasteiger partial charge in [-0.1, -0.05) is 170 Å². The Morgan fingerprint density at radius 1 is 0.341 bits per heavy atom. The Morgan fingerprint density at radius 3 is 1.20 bits per heavy atom. The molecule has 0 spiro atoms. The maximum Gasteiger partial charge on any atom is -0.00939 e. The summed E-state index contributed by atoms with van der Waals surface area (Å²) < 4.78 is 0. The van der Waals surface area contributed by atoms with Crippen LogP contribution in [0.2, 0.25) is 0 Å². The monoisotopic (exact) mass is 562 g/mol. The molecule has 44 heavy (non-hydrogen) atoms. The van der Waals surface area contributed by atoms with E-state index >= 15 is 0 Å². The zero-order valence-corrected chi connectivity index (χ0v) is 24.7. The van der Waals surface area contributed by atoms with E-state index in [1.165, 1.54) is 66.1 Å². The van der Waals surface area contributed by atoms with Crippen LogP contribution in [0.25, 0.3) is 56.0 Å². The summed E-state index contributed by atoms with van der Waals surface area (Å²) in [5.41, 5.74) is 10.1. The first-order chi connectivity index (χ1) is 21.8. The minimum absolute atomic E-state index is 0.900. The number of allylic oxidation sites excluding steroid dienone is 2. The highest BCUT2D eigenvalue weighted by molar-refractivity contribution is 6.08. The van der Waals surface area contributed by atoms with E-state index in [1.54, 1.807) is 0 Å². The molecule has 0 aliphatic heterocycles. The number of hydrogen-bond acceptors (Lipinski definition) is 0. The Morgan fingerprint density at radius 2 is 0.750 bits per heavy atom. The van der Waals surface area contributed by atoms with Gasteiger partial charge in [0.25, 0.3) is 0 Å². The van der Waals surface area contributed by atoms with Gasteiger partial charge in [0.15, 0.2) is 0 Å². The molecular formula is C44H34. The lowest BCUT2D eigenvalue weighted by Gasteiger charge is -2.07. The lowest BCUT2D eigenvalue weighted by atomic mass is 9.97. The second-order valence-corrected chi connectivity index (χ2v) is 11.4. The molecular weight excluding hydrogens is 528 g/mol. The molecule has 210 valence electrons. The average Bonchev–Trinajstić information content (AvgIpc) is 3.09. The highest BCUT2D eigenvalue weighted by Crippen LogP contribution is 2.29. The molecule has 0 saturated heterocycles. The number of rotatable bonds is 8. The Bertz CT molecular complexity index is 1940. The Labute approximate surface area is 260 Å². The van der Waals surface area contributed by atoms with E-state index < -0.39 is 0 Å². The average molecular weight is 563 g/mol. The lowest BCUT2D eigenvalue weighted by Crippen LogP contribution is -1.85. The van der Waals surface area contributed by atoms with Gasteiger partial charge in [0.1, 0.15) is 0 Å². The van der Waals surface area contributed by atoms with Crippen molar-refractivity contribution in [3.05, 3.63) is 192 Å². The standard InChI is InChI=1S/C44H34/c1-3-17-37(18-4-1)41-21-9-15-33(29-41)11-7-13-35-23-25-39-27-28-40-26-24-36(32-44(40)43(39)31-35)14-8-12-34-16-10-22-42(30-34)38-19-5-2-6-20-38/h1-10,13-32H,11-12H2/b13-7+,14-8+. The maximum absolute atomic E-state index is 2.33. The fourth-order valence-corrected chi connectivity index (χ4v) is 5.97. The van der Waals surface area contributed by atoms with E-state index in [0.717, 1.165) is 12.8 Å². The van der Waals surface area contributed by atoms with Crippen LogP contribution in [0, 0.1) is 0 Å². The minimum Gasteiger partial charge on any atom is -0.0795 e. The van der Waals surface area contributed by atoms with Crippen molar-refractivity contribution in [2.45, 2.75) is 12.8 Å². The van der Waals surface area contributed by atoms with Crippen LogP contribution in [0.5, 0.6) is 0 Å². The van der Waals surface area contributed by atoms with Crippen LogP contribution < -0.4 is 0 Å². The van der Waals surface area contributed by atoms with Gasteiger partial charge in [-0.2, -0.15) is 0 Å². The largest absolute Gasteiger partial charge is 0.0795 e. The van der Waals surface area contributed by atoms with Crippen LogP contribution in [-0.4, -0.2) is 0 Å². The number of fused-ring (bicyclic) bond motifs is 3. The quantitative estimate of drug-likeness (QED) is 0.162. The molecule has 0 aliphatic carbocycles. The Hall–Kier alpha value is -5.46. The molecule has 0 aromatic heterocycles. The fraction of sp³-hybridized carbons (Fsp3) is 0.0455. The SMILES string of the molecule is C(=C\c1ccc2ccc3ccc(/C=C/Cc4cccc(-c5ccccc5)c4)cc3c2c1)/Cc1cccc(-c2ccccc2)c1. The second kappa shape index (κ2) is 12.8. The molecule has 0 atom stereocenters. The van der Waals surface area contributed by atoms with Gasteiger partial charge < -0.3 is 0 Å². The predicted molar refractivity (Wildman–Crippen MR) is 191 cm³/mol. The van der Waals surface area contributed by atoms with Crippen molar-refractivity contribution in [2.24, 2.45) is 0 Å². The zero-order valence-electron chi connectivity index (χ0n) is 24.7. The highest BCUT2D eigenvalue weighted by Gasteiger charge is 2.04. The predicted octanol–water partition coefficient (Wildman–Crippen LogP) is 11.8. The molecule has 0 saturated carbocycles. The van der Waals surface area contributed by atoms with Crippen molar-refractivity contribution in [2.75, 3.05) is 0 Å². The van der Waals surface area contributed by atoms with Gasteiger partial charge in [0.2, 0.25) is 0 Å². The van der Waals surface area contributed by atoms with Gasteiger partial charge in [0, 0.05) is 0 Å². The van der Waals surface area contributed by atoms with E-state index in [-0.39, 0.29) is 0 Å². The lowest BCUT2D eigenvalue weighted by molar-refractivity contribution is 1.28. The van der Waals surface area contributed by atoms with Gasteiger partial charge in [-0.15, -0.1) is 0 Å². The zero-order chi connectivity index (χ0) is 29.6. The molecule has 0 radical (unpaired) electrons. The van der Waals surface area contributed by atoms with Gasteiger partial charge in [-0.05, 0) is 91.0 Å². The van der Waals surface area contributed by atoms with Crippen molar-refractivity contribution in [3.8, 4) is 22.3 Å². The van der Waals surface area contributed by atoms with Gasteiger partial charge in [-0.25, -0.2) is 0 Å². The molecule has 7 aromatic carbocycles. The molecule has 0 heterocycles. The van der Waals surface area contributed by atoms with Crippen LogP contribution in [-0.2, 0) is 12.8 Å². The normalized spacial score (nSPS) is 11.6. The first kappa shape index (κ1) is 27.4. The highest BCUT2D eigenvalue weighted by atomic mass is 14.1. The molecule has 0 amide bonds. The Kier molecular flexibility index (Phi) is 7.97. The summed E-state index contributed by atoms with van der Waals surface area (Å²) in [6, 6.07) is 56.9. The number of hydrogen-bond donors (Lipinski definition) is 0. The summed E-state index contributed by atoms with van der Waals surface area (Å²) in [4.78, 5) is 0. The van der Waals surface area contributed by atoms with Crippen molar-refractivity contribution in [1.82, 2.24) is 0 Å². The third-order valence-corrected chi connectivity index (χ3v) is 8.28. The second-order valence-electron chi connectivity index (χ2n) is 11.4. The third-order valence-electron chi connectivity index (χ3n) is 8.28. The van der Waals surface area contributed by atoms with Crippen molar-refractivity contribution < 1.29 is 0 Å². The van der Waals surface area contributed by atoms with Crippen molar-refractivity contribution in [1.29, 1.82) is 0 Å². The van der Waals surface area contributed by atoms with Crippen LogP contribution >= 0.6 is 0 Å². The van der Waals surface area contributed by atoms with Gasteiger partial charge in [0.05, 0.1) is 0 Å². The van der Waals surface area contributed by atoms with Crippen LogP contribution in [0.3, 0.4) is 0 Å². The molecule has 0 aliphatic rings. The summed E-state index contributed by atoms with van der Waals surface area (Å²) in [6.45, 7) is 0. The first-order valence-corrected chi connectivity index (χ1v) is 15.4. The summed E-state index contributed by atoms with van der Waals surface area (Å²) >= 11 is 0. The van der Waals surface area contributed by atoms with E-state index in [0.29, 0.717) is 0 Å². The third kappa shape index (κ3) is 6.31. The van der Waals surface area contributed by atoms with E-state index in [9.17, 15) is 0 Å². The van der Waals surface area contributed by atoms with Crippen molar-refractivity contribution >= 4 is 33.7 Å². The Balaban J connectivity index is 1.09. The van der Waals surface area contributed by atoms with E-state index in [1.807, 2.05) is 0 Å². The molecule has 7 aromatic rings. The molecule has 0 fully saturated rings. The van der Waals surface area contributed by atoms with Crippen LogP contribution in [0.4, 0.5) is 0 Å². The van der Waals surface area contributed by atoms with Crippen LogP contribution in [0.1, 0.15) is 22.3 Å². The molecule has 7 rings (SSSR count).